The Morgan fingerprint density at radius 3 is 1.77 bits per heavy atom. The van der Waals surface area contributed by atoms with Crippen molar-refractivity contribution in [3.63, 3.8) is 0 Å². The van der Waals surface area contributed by atoms with Crippen LogP contribution in [0.4, 0.5) is 17.6 Å². The first-order valence-electron chi connectivity index (χ1n) is 3.29. The Morgan fingerprint density at radius 2 is 1.46 bits per heavy atom. The lowest BCUT2D eigenvalue weighted by Crippen LogP contribution is -2.06. The van der Waals surface area contributed by atoms with Crippen molar-refractivity contribution in [3.8, 4) is 0 Å². The maximum atomic E-state index is 12.7. The average Bonchev–Trinajstić information content (AvgIpc) is 2.01. The highest BCUT2D eigenvalue weighted by atomic mass is 19.2. The summed E-state index contributed by atoms with van der Waals surface area (Å²) in [5, 5.41) is 0. The van der Waals surface area contributed by atoms with Crippen LogP contribution in [0, 0.1) is 23.3 Å². The van der Waals surface area contributed by atoms with Crippen LogP contribution in [-0.2, 0) is 0 Å². The van der Waals surface area contributed by atoms with Gasteiger partial charge in [0.1, 0.15) is 0 Å². The van der Waals surface area contributed by atoms with E-state index in [1.807, 2.05) is 0 Å². The first-order chi connectivity index (χ1) is 5.95. The summed E-state index contributed by atoms with van der Waals surface area (Å²) in [5.74, 6) is -7.54. The number of ketones is 1. The summed E-state index contributed by atoms with van der Waals surface area (Å²) in [5.41, 5.74) is -1.18. The van der Waals surface area contributed by atoms with Crippen molar-refractivity contribution in [2.24, 2.45) is 0 Å². The van der Waals surface area contributed by atoms with Crippen LogP contribution < -0.4 is 0 Å². The molecule has 0 N–H and O–H groups in total. The van der Waals surface area contributed by atoms with Crippen LogP contribution in [0.25, 0.3) is 0 Å². The van der Waals surface area contributed by atoms with Gasteiger partial charge in [-0.25, -0.2) is 17.6 Å². The largest absolute Gasteiger partial charge is 0.294 e. The molecule has 0 fully saturated rings. The van der Waals surface area contributed by atoms with Gasteiger partial charge < -0.3 is 0 Å². The Bertz CT molecular complexity index is 347. The molecule has 0 unspecified atom stereocenters. The third-order valence-corrected chi connectivity index (χ3v) is 1.46. The molecule has 0 atom stereocenters. The second kappa shape index (κ2) is 3.16. The minimum atomic E-state index is -1.66. The van der Waals surface area contributed by atoms with Gasteiger partial charge in [-0.3, -0.25) is 4.79 Å². The van der Waals surface area contributed by atoms with E-state index < -0.39 is 34.6 Å². The lowest BCUT2D eigenvalue weighted by atomic mass is 10.1. The Labute approximate surface area is 71.0 Å². The van der Waals surface area contributed by atoms with Crippen molar-refractivity contribution in [1.82, 2.24) is 0 Å². The third-order valence-electron chi connectivity index (χ3n) is 1.46. The molecule has 0 amide bonds. The van der Waals surface area contributed by atoms with E-state index >= 15 is 0 Å². The van der Waals surface area contributed by atoms with Crippen LogP contribution in [0.2, 0.25) is 0 Å². The number of hydrogen-bond acceptors (Lipinski definition) is 1. The summed E-state index contributed by atoms with van der Waals surface area (Å²) in [7, 11) is 0. The van der Waals surface area contributed by atoms with Gasteiger partial charge in [-0.2, -0.15) is 0 Å². The first kappa shape index (κ1) is 9.70. The van der Waals surface area contributed by atoms with Crippen LogP contribution in [0.15, 0.2) is 6.07 Å². The zero-order chi connectivity index (χ0) is 10.2. The summed E-state index contributed by atoms with van der Waals surface area (Å²) in [6.45, 7) is 0.820. The van der Waals surface area contributed by atoms with Crippen LogP contribution in [-0.4, -0.2) is 5.78 Å². The van der Waals surface area contributed by atoms with Crippen molar-refractivity contribution in [3.05, 3.63) is 34.9 Å². The highest BCUT2D eigenvalue weighted by Gasteiger charge is 2.21. The molecule has 1 nitrogen and oxygen atoms in total. The Hall–Kier alpha value is -1.39. The van der Waals surface area contributed by atoms with E-state index in [0.717, 1.165) is 6.92 Å². The number of carbonyl (C=O) groups excluding carboxylic acids is 1. The van der Waals surface area contributed by atoms with Gasteiger partial charge in [-0.15, -0.1) is 0 Å². The van der Waals surface area contributed by atoms with Crippen molar-refractivity contribution >= 4 is 5.78 Å². The quantitative estimate of drug-likeness (QED) is 0.379. The SMILES string of the molecule is CC(=O)c1c(F)c(F)cc(F)c1F. The lowest BCUT2D eigenvalue weighted by Gasteiger charge is -2.02. The molecule has 0 aromatic heterocycles. The van der Waals surface area contributed by atoms with Gasteiger partial charge in [0.2, 0.25) is 0 Å². The molecule has 5 heteroatoms. The predicted octanol–water partition coefficient (Wildman–Crippen LogP) is 2.45. The second-order valence-corrected chi connectivity index (χ2v) is 2.40. The molecule has 0 heterocycles. The number of benzene rings is 1. The zero-order valence-corrected chi connectivity index (χ0v) is 6.50. The monoisotopic (exact) mass is 192 g/mol. The van der Waals surface area contributed by atoms with E-state index in [9.17, 15) is 22.4 Å². The molecule has 0 spiro atoms. The Balaban J connectivity index is 3.56. The van der Waals surface area contributed by atoms with Crippen LogP contribution >= 0.6 is 0 Å². The summed E-state index contributed by atoms with van der Waals surface area (Å²) in [6.07, 6.45) is 0. The van der Waals surface area contributed by atoms with Gasteiger partial charge in [-0.1, -0.05) is 0 Å². The van der Waals surface area contributed by atoms with Crippen LogP contribution in [0.5, 0.6) is 0 Å². The predicted molar refractivity (Wildman–Crippen MR) is 36.3 cm³/mol. The number of Topliss-reactive ketones (excluding diaryl/α,β-unsaturated/α-hetero) is 1. The normalized spacial score (nSPS) is 10.2. The summed E-state index contributed by atoms with van der Waals surface area (Å²) < 4.78 is 50.3. The maximum Gasteiger partial charge on any atom is 0.172 e. The van der Waals surface area contributed by atoms with E-state index in [1.54, 1.807) is 0 Å². The van der Waals surface area contributed by atoms with Gasteiger partial charge in [-0.05, 0) is 6.92 Å². The van der Waals surface area contributed by atoms with Gasteiger partial charge in [0.05, 0.1) is 5.56 Å². The Morgan fingerprint density at radius 1 is 1.08 bits per heavy atom. The zero-order valence-electron chi connectivity index (χ0n) is 6.50. The lowest BCUT2D eigenvalue weighted by molar-refractivity contribution is 0.100. The number of hydrogen-bond donors (Lipinski definition) is 0. The molecule has 1 aromatic carbocycles. The molecule has 0 aliphatic carbocycles. The molecular weight excluding hydrogens is 188 g/mol. The molecule has 70 valence electrons. The fourth-order valence-corrected chi connectivity index (χ4v) is 0.882. The standard InChI is InChI=1S/C8H4F4O/c1-3(13)6-7(11)4(9)2-5(10)8(6)12/h2H,1H3. The van der Waals surface area contributed by atoms with E-state index in [-0.39, 0.29) is 6.07 Å². The topological polar surface area (TPSA) is 17.1 Å². The Kier molecular flexibility index (Phi) is 2.36. The maximum absolute atomic E-state index is 12.7. The van der Waals surface area contributed by atoms with E-state index in [0.29, 0.717) is 0 Å². The third kappa shape index (κ3) is 1.54. The van der Waals surface area contributed by atoms with Gasteiger partial charge in [0.15, 0.2) is 29.1 Å². The molecule has 1 aromatic rings. The fourth-order valence-electron chi connectivity index (χ4n) is 0.882. The van der Waals surface area contributed by atoms with Gasteiger partial charge in [0, 0.05) is 6.07 Å². The van der Waals surface area contributed by atoms with E-state index in [1.165, 1.54) is 0 Å². The van der Waals surface area contributed by atoms with Crippen LogP contribution in [0.3, 0.4) is 0 Å². The minimum absolute atomic E-state index is 0.0527. The number of halogens is 4. The first-order valence-corrected chi connectivity index (χ1v) is 3.29. The van der Waals surface area contributed by atoms with Gasteiger partial charge >= 0.3 is 0 Å². The summed E-state index contributed by atoms with van der Waals surface area (Å²) >= 11 is 0. The van der Waals surface area contributed by atoms with E-state index in [2.05, 4.69) is 0 Å². The average molecular weight is 192 g/mol. The molecule has 1 rings (SSSR count). The summed E-state index contributed by atoms with van der Waals surface area (Å²) in [4.78, 5) is 10.6. The van der Waals surface area contributed by atoms with Crippen molar-refractivity contribution in [2.45, 2.75) is 6.92 Å². The highest BCUT2D eigenvalue weighted by molar-refractivity contribution is 5.94. The van der Waals surface area contributed by atoms with Crippen molar-refractivity contribution in [2.75, 3.05) is 0 Å². The molecule has 0 bridgehead atoms. The second-order valence-electron chi connectivity index (χ2n) is 2.40. The highest BCUT2D eigenvalue weighted by Crippen LogP contribution is 2.19. The molecule has 0 radical (unpaired) electrons. The molecule has 0 saturated carbocycles. The smallest absolute Gasteiger partial charge is 0.172 e. The molecule has 0 aliphatic rings. The van der Waals surface area contributed by atoms with Gasteiger partial charge in [0.25, 0.3) is 0 Å². The molecule has 0 saturated heterocycles. The fraction of sp³-hybridized carbons (Fsp3) is 0.125. The number of rotatable bonds is 1. The summed E-state index contributed by atoms with van der Waals surface area (Å²) in [6, 6.07) is 0.0527. The molecule has 13 heavy (non-hydrogen) atoms. The van der Waals surface area contributed by atoms with Crippen LogP contribution in [0.1, 0.15) is 17.3 Å². The molecular formula is C8H4F4O. The van der Waals surface area contributed by atoms with Crippen molar-refractivity contribution < 1.29 is 22.4 Å². The molecule has 0 aliphatic heterocycles. The minimum Gasteiger partial charge on any atom is -0.294 e. The van der Waals surface area contributed by atoms with Crippen molar-refractivity contribution in [1.29, 1.82) is 0 Å². The number of carbonyl (C=O) groups is 1. The van der Waals surface area contributed by atoms with E-state index in [4.69, 9.17) is 0 Å².